The van der Waals surface area contributed by atoms with E-state index in [1.165, 1.54) is 0 Å². The minimum atomic E-state index is -0.228. The van der Waals surface area contributed by atoms with Crippen LogP contribution in [0.5, 0.6) is 0 Å². The third kappa shape index (κ3) is 4.85. The fraction of sp³-hybridized carbons (Fsp3) is 0.444. The number of nitrogens with zero attached hydrogens (tertiary/aromatic N) is 3. The Morgan fingerprint density at radius 3 is 2.54 bits per heavy atom. The Balaban J connectivity index is 1.48. The van der Waals surface area contributed by atoms with Crippen LogP contribution in [0.1, 0.15) is 24.0 Å². The largest absolute Gasteiger partial charge is 0.411 e. The molecule has 1 N–H and O–H groups in total. The van der Waals surface area contributed by atoms with E-state index in [9.17, 15) is 9.59 Å². The Hall–Kier alpha value is -2.35. The van der Waals surface area contributed by atoms with E-state index in [1.54, 1.807) is 4.90 Å². The first-order valence-corrected chi connectivity index (χ1v) is 9.59. The van der Waals surface area contributed by atoms with Gasteiger partial charge in [-0.05, 0) is 38.8 Å². The molecular weight excluding hydrogens is 352 g/mol. The number of hydrogen-bond acceptors (Lipinski definition) is 6. The van der Waals surface area contributed by atoms with Crippen molar-refractivity contribution in [2.75, 3.05) is 25.4 Å². The number of aryl methyl sites for hydroxylation is 2. The molecule has 1 aliphatic heterocycles. The lowest BCUT2D eigenvalue weighted by atomic mass is 10.1. The number of carbonyl (C=O) groups is 2. The van der Waals surface area contributed by atoms with Gasteiger partial charge in [-0.15, -0.1) is 10.2 Å². The number of rotatable bonds is 6. The molecule has 1 aromatic heterocycles. The minimum absolute atomic E-state index is 0.0317. The average molecular weight is 374 g/mol. The van der Waals surface area contributed by atoms with E-state index in [-0.39, 0.29) is 24.1 Å². The van der Waals surface area contributed by atoms with Crippen LogP contribution in [0.2, 0.25) is 0 Å². The predicted molar refractivity (Wildman–Crippen MR) is 98.8 cm³/mol. The van der Waals surface area contributed by atoms with Crippen LogP contribution < -0.4 is 5.32 Å². The van der Waals surface area contributed by atoms with Gasteiger partial charge in [-0.25, -0.2) is 0 Å². The highest BCUT2D eigenvalue weighted by atomic mass is 32.2. The van der Waals surface area contributed by atoms with Gasteiger partial charge in [-0.3, -0.25) is 9.59 Å². The second kappa shape index (κ2) is 8.35. The van der Waals surface area contributed by atoms with Crippen molar-refractivity contribution in [1.29, 1.82) is 0 Å². The zero-order chi connectivity index (χ0) is 18.5. The highest BCUT2D eigenvalue weighted by molar-refractivity contribution is 7.99. The Morgan fingerprint density at radius 1 is 1.15 bits per heavy atom. The second-order valence-corrected chi connectivity index (χ2v) is 7.33. The first kappa shape index (κ1) is 18.4. The molecule has 138 valence electrons. The smallest absolute Gasteiger partial charge is 0.277 e. The number of thioether (sulfide) groups is 1. The van der Waals surface area contributed by atoms with Gasteiger partial charge in [0.1, 0.15) is 0 Å². The van der Waals surface area contributed by atoms with Crippen molar-refractivity contribution < 1.29 is 14.0 Å². The van der Waals surface area contributed by atoms with Gasteiger partial charge >= 0.3 is 0 Å². The van der Waals surface area contributed by atoms with Crippen LogP contribution >= 0.6 is 11.8 Å². The molecule has 1 aromatic carbocycles. The number of likely N-dealkylation sites (tertiary alicyclic amines) is 1. The van der Waals surface area contributed by atoms with Crippen LogP contribution in [0.25, 0.3) is 11.5 Å². The summed E-state index contributed by atoms with van der Waals surface area (Å²) < 4.78 is 5.62. The van der Waals surface area contributed by atoms with E-state index in [0.717, 1.165) is 54.4 Å². The summed E-state index contributed by atoms with van der Waals surface area (Å²) in [5, 5.41) is 11.0. The van der Waals surface area contributed by atoms with Crippen LogP contribution in [-0.4, -0.2) is 52.3 Å². The lowest BCUT2D eigenvalue weighted by molar-refractivity contribution is -0.131. The summed E-state index contributed by atoms with van der Waals surface area (Å²) in [6.45, 7) is 5.63. The topological polar surface area (TPSA) is 88.3 Å². The lowest BCUT2D eigenvalue weighted by Crippen LogP contribution is -2.39. The van der Waals surface area contributed by atoms with Crippen LogP contribution in [0, 0.1) is 13.8 Å². The maximum Gasteiger partial charge on any atom is 0.277 e. The number of nitrogens with one attached hydrogen (secondary N) is 1. The number of hydrogen-bond donors (Lipinski definition) is 1. The highest BCUT2D eigenvalue weighted by Gasteiger charge is 2.18. The summed E-state index contributed by atoms with van der Waals surface area (Å²) in [5.74, 6) is 0.301. The zero-order valence-corrected chi connectivity index (χ0v) is 15.8. The van der Waals surface area contributed by atoms with Crippen LogP contribution in [0.3, 0.4) is 0 Å². The van der Waals surface area contributed by atoms with Gasteiger partial charge < -0.3 is 14.6 Å². The molecule has 0 aliphatic carbocycles. The molecule has 2 aromatic rings. The zero-order valence-electron chi connectivity index (χ0n) is 14.9. The second-order valence-electron chi connectivity index (χ2n) is 6.40. The van der Waals surface area contributed by atoms with Crippen LogP contribution in [0.4, 0.5) is 0 Å². The van der Waals surface area contributed by atoms with E-state index >= 15 is 0 Å². The maximum atomic E-state index is 11.9. The Kier molecular flexibility index (Phi) is 5.92. The number of aromatic nitrogens is 2. The summed E-state index contributed by atoms with van der Waals surface area (Å²) in [6.07, 6.45) is 2.07. The van der Waals surface area contributed by atoms with Crippen molar-refractivity contribution in [3.63, 3.8) is 0 Å². The van der Waals surface area contributed by atoms with Crippen molar-refractivity contribution in [3.8, 4) is 11.5 Å². The van der Waals surface area contributed by atoms with Gasteiger partial charge in [0.25, 0.3) is 5.22 Å². The average Bonchev–Trinajstić information content (AvgIpc) is 3.28. The number of carbonyl (C=O) groups excluding carboxylic acids is 2. The molecule has 2 heterocycles. The molecule has 8 heteroatoms. The minimum Gasteiger partial charge on any atom is -0.411 e. The molecule has 0 saturated carbocycles. The van der Waals surface area contributed by atoms with Crippen LogP contribution in [-0.2, 0) is 9.59 Å². The van der Waals surface area contributed by atoms with Crippen molar-refractivity contribution in [2.24, 2.45) is 0 Å². The van der Waals surface area contributed by atoms with Gasteiger partial charge in [-0.1, -0.05) is 29.0 Å². The molecule has 0 atom stereocenters. The predicted octanol–water partition coefficient (Wildman–Crippen LogP) is 2.18. The van der Waals surface area contributed by atoms with E-state index in [1.807, 2.05) is 26.0 Å². The van der Waals surface area contributed by atoms with E-state index in [0.29, 0.717) is 11.1 Å². The van der Waals surface area contributed by atoms with Crippen molar-refractivity contribution in [2.45, 2.75) is 31.9 Å². The van der Waals surface area contributed by atoms with Gasteiger partial charge in [0, 0.05) is 18.7 Å². The molecule has 1 fully saturated rings. The summed E-state index contributed by atoms with van der Waals surface area (Å²) in [7, 11) is 0. The fourth-order valence-corrected chi connectivity index (χ4v) is 3.51. The van der Waals surface area contributed by atoms with Crippen molar-refractivity contribution in [3.05, 3.63) is 29.3 Å². The highest BCUT2D eigenvalue weighted by Crippen LogP contribution is 2.24. The molecule has 3 rings (SSSR count). The van der Waals surface area contributed by atoms with E-state index in [4.69, 9.17) is 4.42 Å². The third-order valence-electron chi connectivity index (χ3n) is 4.10. The molecule has 1 aliphatic rings. The Labute approximate surface area is 156 Å². The quantitative estimate of drug-likeness (QED) is 0.780. The van der Waals surface area contributed by atoms with Gasteiger partial charge in [0.05, 0.1) is 12.3 Å². The normalized spacial score (nSPS) is 13.8. The Morgan fingerprint density at radius 2 is 1.85 bits per heavy atom. The number of amides is 2. The monoisotopic (exact) mass is 374 g/mol. The molecule has 26 heavy (non-hydrogen) atoms. The lowest BCUT2D eigenvalue weighted by Gasteiger charge is -2.15. The molecule has 0 bridgehead atoms. The summed E-state index contributed by atoms with van der Waals surface area (Å²) >= 11 is 1.16. The molecule has 7 nitrogen and oxygen atoms in total. The third-order valence-corrected chi connectivity index (χ3v) is 4.92. The summed E-state index contributed by atoms with van der Waals surface area (Å²) in [5.41, 5.74) is 3.10. The molecule has 0 radical (unpaired) electrons. The first-order chi connectivity index (χ1) is 12.5. The maximum absolute atomic E-state index is 11.9. The van der Waals surface area contributed by atoms with Crippen molar-refractivity contribution >= 4 is 23.6 Å². The number of benzene rings is 1. The first-order valence-electron chi connectivity index (χ1n) is 8.61. The van der Waals surface area contributed by atoms with Gasteiger partial charge in [0.2, 0.25) is 17.7 Å². The molecule has 1 saturated heterocycles. The van der Waals surface area contributed by atoms with Crippen molar-refractivity contribution in [1.82, 2.24) is 20.4 Å². The van der Waals surface area contributed by atoms with Gasteiger partial charge in [-0.2, -0.15) is 0 Å². The standard InChI is InChI=1S/C18H22N4O3S/c1-12-7-13(2)9-14(8-12)17-20-21-18(25-17)26-11-15(23)19-10-16(24)22-5-3-4-6-22/h7-9H,3-6,10-11H2,1-2H3,(H,19,23). The van der Waals surface area contributed by atoms with E-state index < -0.39 is 0 Å². The molecule has 2 amide bonds. The van der Waals surface area contributed by atoms with E-state index in [2.05, 4.69) is 21.6 Å². The summed E-state index contributed by atoms with van der Waals surface area (Å²) in [6, 6.07) is 6.03. The molecule has 0 spiro atoms. The van der Waals surface area contributed by atoms with Crippen LogP contribution in [0.15, 0.2) is 27.8 Å². The Bertz CT molecular complexity index is 779. The van der Waals surface area contributed by atoms with Gasteiger partial charge in [0.15, 0.2) is 0 Å². The SMILES string of the molecule is Cc1cc(C)cc(-c2nnc(SCC(=O)NCC(=O)N3CCCC3)o2)c1. The fourth-order valence-electron chi connectivity index (χ4n) is 2.91. The molecule has 0 unspecified atom stereocenters. The molecular formula is C18H22N4O3S. The summed E-state index contributed by atoms with van der Waals surface area (Å²) in [4.78, 5) is 25.6.